The molecule has 0 aliphatic rings. The van der Waals surface area contributed by atoms with Crippen LogP contribution in [0.15, 0.2) is 30.3 Å². The van der Waals surface area contributed by atoms with E-state index in [4.69, 9.17) is 15.2 Å². The monoisotopic (exact) mass is 235 g/mol. The minimum atomic E-state index is -0.333. The molecule has 0 saturated heterocycles. The number of methoxy groups -OCH3 is 1. The van der Waals surface area contributed by atoms with E-state index in [2.05, 4.69) is 0 Å². The van der Waals surface area contributed by atoms with Gasteiger partial charge in [0.2, 0.25) is 5.91 Å². The van der Waals surface area contributed by atoms with Crippen LogP contribution in [0.1, 0.15) is 12.0 Å². The van der Waals surface area contributed by atoms with Gasteiger partial charge < -0.3 is 15.2 Å². The molecular formula is C13H17NO3. The molecule has 4 heteroatoms. The summed E-state index contributed by atoms with van der Waals surface area (Å²) in [6, 6.07) is 7.58. The molecule has 0 atom stereocenters. The van der Waals surface area contributed by atoms with Crippen molar-refractivity contribution in [3.05, 3.63) is 35.9 Å². The van der Waals surface area contributed by atoms with Gasteiger partial charge in [-0.15, -0.1) is 0 Å². The van der Waals surface area contributed by atoms with Gasteiger partial charge in [0.15, 0.2) is 0 Å². The molecule has 4 nitrogen and oxygen atoms in total. The Morgan fingerprint density at radius 2 is 2.00 bits per heavy atom. The number of rotatable bonds is 7. The van der Waals surface area contributed by atoms with Crippen LogP contribution in [0.25, 0.3) is 6.08 Å². The smallest absolute Gasteiger partial charge is 0.221 e. The summed E-state index contributed by atoms with van der Waals surface area (Å²) in [4.78, 5) is 10.5. The minimum Gasteiger partial charge on any atom is -0.491 e. The number of primary amides is 1. The maximum absolute atomic E-state index is 10.5. The summed E-state index contributed by atoms with van der Waals surface area (Å²) in [5, 5.41) is 0. The van der Waals surface area contributed by atoms with E-state index in [1.165, 1.54) is 0 Å². The topological polar surface area (TPSA) is 61.6 Å². The fourth-order valence-corrected chi connectivity index (χ4v) is 1.23. The van der Waals surface area contributed by atoms with E-state index < -0.39 is 0 Å². The first-order valence-electron chi connectivity index (χ1n) is 5.39. The number of carbonyl (C=O) groups is 1. The molecule has 1 aromatic carbocycles. The molecule has 92 valence electrons. The number of hydrogen-bond acceptors (Lipinski definition) is 3. The number of ether oxygens (including phenoxy) is 2. The summed E-state index contributed by atoms with van der Waals surface area (Å²) >= 11 is 0. The van der Waals surface area contributed by atoms with E-state index in [1.807, 2.05) is 30.3 Å². The van der Waals surface area contributed by atoms with Crippen LogP contribution in [0.4, 0.5) is 0 Å². The molecule has 1 amide bonds. The first kappa shape index (κ1) is 13.3. The number of carbonyl (C=O) groups excluding carboxylic acids is 1. The number of hydrogen-bond donors (Lipinski definition) is 1. The van der Waals surface area contributed by atoms with E-state index in [-0.39, 0.29) is 12.3 Å². The minimum absolute atomic E-state index is 0.256. The van der Waals surface area contributed by atoms with E-state index in [9.17, 15) is 4.79 Å². The zero-order valence-corrected chi connectivity index (χ0v) is 9.89. The maximum Gasteiger partial charge on any atom is 0.221 e. The van der Waals surface area contributed by atoms with Gasteiger partial charge in [0.05, 0.1) is 6.61 Å². The number of nitrogens with two attached hydrogens (primary N) is 1. The molecular weight excluding hydrogens is 218 g/mol. The van der Waals surface area contributed by atoms with Gasteiger partial charge in [0.25, 0.3) is 0 Å². The number of benzene rings is 1. The second kappa shape index (κ2) is 7.46. The molecule has 0 unspecified atom stereocenters. The highest BCUT2D eigenvalue weighted by Crippen LogP contribution is 2.13. The second-order valence-corrected chi connectivity index (χ2v) is 3.48. The average Bonchev–Trinajstić information content (AvgIpc) is 2.31. The van der Waals surface area contributed by atoms with Crippen LogP contribution in [0.3, 0.4) is 0 Å². The lowest BCUT2D eigenvalue weighted by Crippen LogP contribution is -2.07. The number of amides is 1. The highest BCUT2D eigenvalue weighted by atomic mass is 16.5. The van der Waals surface area contributed by atoms with E-state index in [1.54, 1.807) is 13.2 Å². The zero-order chi connectivity index (χ0) is 12.5. The van der Waals surface area contributed by atoms with Crippen molar-refractivity contribution in [2.75, 3.05) is 20.3 Å². The fraction of sp³-hybridized carbons (Fsp3) is 0.308. The van der Waals surface area contributed by atoms with Crippen molar-refractivity contribution in [3.63, 3.8) is 0 Å². The van der Waals surface area contributed by atoms with Crippen LogP contribution in [0, 0.1) is 0 Å². The molecule has 0 aliphatic heterocycles. The molecule has 2 N–H and O–H groups in total. The Kier molecular flexibility index (Phi) is 5.82. The van der Waals surface area contributed by atoms with Gasteiger partial charge in [0, 0.05) is 13.5 Å². The largest absolute Gasteiger partial charge is 0.491 e. The van der Waals surface area contributed by atoms with Gasteiger partial charge in [-0.2, -0.15) is 0 Å². The first-order valence-corrected chi connectivity index (χ1v) is 5.39. The van der Waals surface area contributed by atoms with Gasteiger partial charge in [-0.3, -0.25) is 4.79 Å². The molecule has 1 rings (SSSR count). The van der Waals surface area contributed by atoms with Crippen molar-refractivity contribution in [3.8, 4) is 5.75 Å². The van der Waals surface area contributed by atoms with Crippen molar-refractivity contribution in [1.29, 1.82) is 0 Å². The Morgan fingerprint density at radius 3 is 2.59 bits per heavy atom. The lowest BCUT2D eigenvalue weighted by atomic mass is 10.2. The lowest BCUT2D eigenvalue weighted by Gasteiger charge is -2.05. The molecule has 0 radical (unpaired) electrons. The van der Waals surface area contributed by atoms with Gasteiger partial charge in [-0.05, 0) is 17.7 Å². The Labute approximate surface area is 101 Å². The van der Waals surface area contributed by atoms with Crippen molar-refractivity contribution in [1.82, 2.24) is 0 Å². The van der Waals surface area contributed by atoms with Gasteiger partial charge in [-0.25, -0.2) is 0 Å². The molecule has 0 aromatic heterocycles. The Bertz CT molecular complexity index is 371. The standard InChI is InChI=1S/C13H17NO3/c1-16-9-10-17-12-7-5-11(6-8-12)3-2-4-13(14)15/h2-3,5-8H,4,9-10H2,1H3,(H2,14,15). The van der Waals surface area contributed by atoms with E-state index in [0.29, 0.717) is 13.2 Å². The lowest BCUT2D eigenvalue weighted by molar-refractivity contribution is -0.117. The van der Waals surface area contributed by atoms with Gasteiger partial charge >= 0.3 is 0 Å². The molecule has 0 saturated carbocycles. The Hall–Kier alpha value is -1.81. The van der Waals surface area contributed by atoms with Crippen LogP contribution in [-0.4, -0.2) is 26.2 Å². The highest BCUT2D eigenvalue weighted by Gasteiger charge is 1.93. The van der Waals surface area contributed by atoms with Crippen LogP contribution < -0.4 is 10.5 Å². The third-order valence-electron chi connectivity index (χ3n) is 2.07. The second-order valence-electron chi connectivity index (χ2n) is 3.48. The zero-order valence-electron chi connectivity index (χ0n) is 9.89. The van der Waals surface area contributed by atoms with Crippen molar-refractivity contribution in [2.24, 2.45) is 5.73 Å². The van der Waals surface area contributed by atoms with Crippen molar-refractivity contribution < 1.29 is 14.3 Å². The SMILES string of the molecule is COCCOc1ccc(C=CCC(N)=O)cc1. The van der Waals surface area contributed by atoms with Crippen molar-refractivity contribution in [2.45, 2.75) is 6.42 Å². The van der Waals surface area contributed by atoms with Crippen LogP contribution in [0.5, 0.6) is 5.75 Å². The molecule has 0 aliphatic carbocycles. The summed E-state index contributed by atoms with van der Waals surface area (Å²) in [5.74, 6) is 0.467. The van der Waals surface area contributed by atoms with Gasteiger partial charge in [-0.1, -0.05) is 24.3 Å². The summed E-state index contributed by atoms with van der Waals surface area (Å²) in [6.45, 7) is 1.10. The molecule has 0 heterocycles. The third-order valence-corrected chi connectivity index (χ3v) is 2.07. The van der Waals surface area contributed by atoms with Crippen LogP contribution in [0.2, 0.25) is 0 Å². The fourth-order valence-electron chi connectivity index (χ4n) is 1.23. The Morgan fingerprint density at radius 1 is 1.29 bits per heavy atom. The molecule has 0 fully saturated rings. The molecule has 17 heavy (non-hydrogen) atoms. The van der Waals surface area contributed by atoms with Gasteiger partial charge in [0.1, 0.15) is 12.4 Å². The Balaban J connectivity index is 2.44. The summed E-state index contributed by atoms with van der Waals surface area (Å²) in [5.41, 5.74) is 6.03. The third kappa shape index (κ3) is 5.73. The predicted octanol–water partition coefficient (Wildman–Crippen LogP) is 1.60. The molecule has 0 spiro atoms. The summed E-state index contributed by atoms with van der Waals surface area (Å²) in [6.07, 6.45) is 3.85. The first-order chi connectivity index (χ1) is 8.22. The predicted molar refractivity (Wildman–Crippen MR) is 66.7 cm³/mol. The van der Waals surface area contributed by atoms with E-state index >= 15 is 0 Å². The van der Waals surface area contributed by atoms with Crippen LogP contribution in [-0.2, 0) is 9.53 Å². The van der Waals surface area contributed by atoms with E-state index in [0.717, 1.165) is 11.3 Å². The van der Waals surface area contributed by atoms with Crippen LogP contribution >= 0.6 is 0 Å². The summed E-state index contributed by atoms with van der Waals surface area (Å²) < 4.78 is 10.3. The quantitative estimate of drug-likeness (QED) is 0.730. The highest BCUT2D eigenvalue weighted by molar-refractivity contribution is 5.76. The summed E-state index contributed by atoms with van der Waals surface area (Å²) in [7, 11) is 1.63. The maximum atomic E-state index is 10.5. The van der Waals surface area contributed by atoms with Crippen molar-refractivity contribution >= 4 is 12.0 Å². The molecule has 1 aromatic rings. The normalized spacial score (nSPS) is 10.6. The molecule has 0 bridgehead atoms. The average molecular weight is 235 g/mol.